The Balaban J connectivity index is 0.000000117. The van der Waals surface area contributed by atoms with Crippen molar-refractivity contribution >= 4 is 11.1 Å². The second-order valence-electron chi connectivity index (χ2n) is 3.77. The number of hydrogen-bond donors (Lipinski definition) is 0. The van der Waals surface area contributed by atoms with Gasteiger partial charge in [0.2, 0.25) is 0 Å². The topological polar surface area (TPSA) is 44.5 Å². The summed E-state index contributed by atoms with van der Waals surface area (Å²) in [6.45, 7) is 0. The maximum atomic E-state index is 5.12. The first-order valence-electron chi connectivity index (χ1n) is 5.79. The van der Waals surface area contributed by atoms with Crippen molar-refractivity contribution in [2.24, 2.45) is 0 Å². The lowest BCUT2D eigenvalue weighted by atomic mass is 10.3. The maximum Gasteiger partial charge on any atom is 0.181 e. The second-order valence-corrected chi connectivity index (χ2v) is 3.77. The first kappa shape index (κ1) is 11.3. The van der Waals surface area contributed by atoms with Gasteiger partial charge in [0.25, 0.3) is 0 Å². The molecule has 2 aromatic carbocycles. The van der Waals surface area contributed by atoms with E-state index in [0.717, 1.165) is 22.6 Å². The van der Waals surface area contributed by atoms with Crippen molar-refractivity contribution in [2.45, 2.75) is 0 Å². The van der Waals surface area contributed by atoms with Gasteiger partial charge in [-0.25, -0.2) is 4.98 Å². The average molecular weight is 253 g/mol. The van der Waals surface area contributed by atoms with Gasteiger partial charge < -0.3 is 13.9 Å². The highest BCUT2D eigenvalue weighted by Crippen LogP contribution is 2.28. The van der Waals surface area contributed by atoms with Gasteiger partial charge in [-0.15, -0.1) is 0 Å². The van der Waals surface area contributed by atoms with Crippen LogP contribution in [0.3, 0.4) is 0 Å². The minimum atomic E-state index is 0.769. The van der Waals surface area contributed by atoms with E-state index in [4.69, 9.17) is 13.9 Å². The van der Waals surface area contributed by atoms with Crippen LogP contribution in [0.5, 0.6) is 11.5 Å². The number of nitrogens with zero attached hydrogens (tertiary/aromatic N) is 1. The van der Waals surface area contributed by atoms with E-state index in [1.165, 1.54) is 18.9 Å². The largest absolute Gasteiger partial charge is 0.458 e. The summed E-state index contributed by atoms with van der Waals surface area (Å²) in [7, 11) is 0. The van der Waals surface area contributed by atoms with Crippen molar-refractivity contribution in [3.8, 4) is 11.5 Å². The quantitative estimate of drug-likeness (QED) is 0.612. The van der Waals surface area contributed by atoms with Gasteiger partial charge in [-0.05, 0) is 24.3 Å². The predicted molar refractivity (Wildman–Crippen MR) is 70.8 cm³/mol. The molecule has 0 spiro atoms. The molecule has 0 radical (unpaired) electrons. The van der Waals surface area contributed by atoms with E-state index in [-0.39, 0.29) is 0 Å². The zero-order valence-electron chi connectivity index (χ0n) is 10.0. The molecular formula is C15H11NO3. The SMILES string of the molecule is C1=COc2ccccc2O1.c1ccc2ocnc2c1. The molecule has 0 amide bonds. The summed E-state index contributed by atoms with van der Waals surface area (Å²) in [5, 5.41) is 0. The van der Waals surface area contributed by atoms with Crippen LogP contribution in [0.25, 0.3) is 11.1 Å². The van der Waals surface area contributed by atoms with E-state index in [9.17, 15) is 0 Å². The molecule has 1 aliphatic rings. The van der Waals surface area contributed by atoms with Gasteiger partial charge in [0.15, 0.2) is 23.5 Å². The fraction of sp³-hybridized carbons (Fsp3) is 0. The standard InChI is InChI=1S/C8H6O2.C7H5NO/c1-2-4-8-7(3-1)9-5-6-10-8;1-2-4-7-6(3-1)8-5-9-7/h1-6H;1-5H. The van der Waals surface area contributed by atoms with Crippen LogP contribution in [-0.2, 0) is 0 Å². The van der Waals surface area contributed by atoms with E-state index < -0.39 is 0 Å². The molecule has 1 aliphatic heterocycles. The lowest BCUT2D eigenvalue weighted by Crippen LogP contribution is -1.94. The van der Waals surface area contributed by atoms with Gasteiger partial charge >= 0.3 is 0 Å². The molecule has 4 nitrogen and oxygen atoms in total. The van der Waals surface area contributed by atoms with Crippen LogP contribution in [0.15, 0.2) is 71.9 Å². The zero-order valence-corrected chi connectivity index (χ0v) is 10.0. The normalized spacial score (nSPS) is 11.8. The summed E-state index contributed by atoms with van der Waals surface area (Å²) in [5.74, 6) is 1.54. The van der Waals surface area contributed by atoms with E-state index in [1.807, 2.05) is 48.5 Å². The van der Waals surface area contributed by atoms with Gasteiger partial charge in [0.05, 0.1) is 0 Å². The highest BCUT2D eigenvalue weighted by Gasteiger charge is 2.04. The lowest BCUT2D eigenvalue weighted by molar-refractivity contribution is 0.362. The van der Waals surface area contributed by atoms with Crippen LogP contribution in [0.1, 0.15) is 0 Å². The van der Waals surface area contributed by atoms with Crippen LogP contribution < -0.4 is 9.47 Å². The molecule has 4 rings (SSSR count). The van der Waals surface area contributed by atoms with E-state index in [2.05, 4.69) is 4.98 Å². The summed E-state index contributed by atoms with van der Waals surface area (Å²) in [6.07, 6.45) is 4.48. The van der Waals surface area contributed by atoms with Gasteiger partial charge in [-0.2, -0.15) is 0 Å². The third kappa shape index (κ3) is 2.57. The molecule has 0 saturated carbocycles. The third-order valence-corrected chi connectivity index (χ3v) is 2.53. The highest BCUT2D eigenvalue weighted by molar-refractivity contribution is 5.71. The van der Waals surface area contributed by atoms with Crippen molar-refractivity contribution in [2.75, 3.05) is 0 Å². The Morgan fingerprint density at radius 1 is 0.737 bits per heavy atom. The minimum Gasteiger partial charge on any atom is -0.458 e. The fourth-order valence-electron chi connectivity index (χ4n) is 1.65. The molecule has 0 unspecified atom stereocenters. The van der Waals surface area contributed by atoms with Crippen molar-refractivity contribution in [1.82, 2.24) is 4.98 Å². The molecule has 2 heterocycles. The summed E-state index contributed by atoms with van der Waals surface area (Å²) in [4.78, 5) is 3.95. The number of para-hydroxylation sites is 4. The van der Waals surface area contributed by atoms with Crippen molar-refractivity contribution < 1.29 is 13.9 Å². The van der Waals surface area contributed by atoms with Gasteiger partial charge in [-0.3, -0.25) is 0 Å². The third-order valence-electron chi connectivity index (χ3n) is 2.53. The van der Waals surface area contributed by atoms with E-state index in [0.29, 0.717) is 0 Å². The van der Waals surface area contributed by atoms with Crippen molar-refractivity contribution in [3.05, 3.63) is 67.4 Å². The lowest BCUT2D eigenvalue weighted by Gasteiger charge is -2.10. The molecule has 0 atom stereocenters. The Morgan fingerprint density at radius 3 is 2.05 bits per heavy atom. The van der Waals surface area contributed by atoms with E-state index in [1.54, 1.807) is 0 Å². The predicted octanol–water partition coefficient (Wildman–Crippen LogP) is 3.76. The van der Waals surface area contributed by atoms with Crippen LogP contribution in [-0.4, -0.2) is 4.98 Å². The number of aromatic nitrogens is 1. The number of rotatable bonds is 0. The average Bonchev–Trinajstić information content (AvgIpc) is 2.96. The molecule has 0 aliphatic carbocycles. The first-order chi connectivity index (χ1) is 9.43. The molecule has 4 heteroatoms. The maximum absolute atomic E-state index is 5.12. The molecule has 1 aromatic heterocycles. The molecule has 3 aromatic rings. The first-order valence-corrected chi connectivity index (χ1v) is 5.79. The van der Waals surface area contributed by atoms with Crippen molar-refractivity contribution in [1.29, 1.82) is 0 Å². The van der Waals surface area contributed by atoms with Gasteiger partial charge in [-0.1, -0.05) is 24.3 Å². The van der Waals surface area contributed by atoms with Crippen LogP contribution in [0.2, 0.25) is 0 Å². The number of hydrogen-bond acceptors (Lipinski definition) is 4. The number of fused-ring (bicyclic) bond motifs is 2. The summed E-state index contributed by atoms with van der Waals surface area (Å²) < 4.78 is 15.2. The smallest absolute Gasteiger partial charge is 0.181 e. The summed E-state index contributed by atoms with van der Waals surface area (Å²) in [6, 6.07) is 15.2. The number of ether oxygens (including phenoxy) is 2. The molecule has 0 bridgehead atoms. The van der Waals surface area contributed by atoms with Crippen molar-refractivity contribution in [3.63, 3.8) is 0 Å². The second kappa shape index (κ2) is 5.27. The zero-order chi connectivity index (χ0) is 12.9. The Hall–Kier alpha value is -2.75. The number of oxazole rings is 1. The van der Waals surface area contributed by atoms with Gasteiger partial charge in [0, 0.05) is 0 Å². The minimum absolute atomic E-state index is 0.769. The molecule has 0 N–H and O–H groups in total. The monoisotopic (exact) mass is 253 g/mol. The Morgan fingerprint density at radius 2 is 1.37 bits per heavy atom. The Kier molecular flexibility index (Phi) is 3.14. The molecule has 0 fully saturated rings. The molecule has 0 saturated heterocycles. The van der Waals surface area contributed by atoms with Crippen LogP contribution in [0, 0.1) is 0 Å². The molecular weight excluding hydrogens is 242 g/mol. The van der Waals surface area contributed by atoms with Crippen LogP contribution >= 0.6 is 0 Å². The fourth-order valence-corrected chi connectivity index (χ4v) is 1.65. The van der Waals surface area contributed by atoms with Gasteiger partial charge in [0.1, 0.15) is 18.0 Å². The number of benzene rings is 2. The molecule has 19 heavy (non-hydrogen) atoms. The summed E-state index contributed by atoms with van der Waals surface area (Å²) >= 11 is 0. The molecule has 94 valence electrons. The Bertz CT molecular complexity index is 646. The van der Waals surface area contributed by atoms with Crippen LogP contribution in [0.4, 0.5) is 0 Å². The van der Waals surface area contributed by atoms with E-state index >= 15 is 0 Å². The summed E-state index contributed by atoms with van der Waals surface area (Å²) in [5.41, 5.74) is 1.76. The highest BCUT2D eigenvalue weighted by atomic mass is 16.5. The Labute approximate surface area is 109 Å².